The second kappa shape index (κ2) is 6.98. The topological polar surface area (TPSA) is 45.7 Å². The molecule has 0 bridgehead atoms. The van der Waals surface area contributed by atoms with Gasteiger partial charge in [-0.3, -0.25) is 9.69 Å². The summed E-state index contributed by atoms with van der Waals surface area (Å²) in [5.74, 6) is -0.137. The van der Waals surface area contributed by atoms with Crippen molar-refractivity contribution in [3.05, 3.63) is 16.6 Å². The molecule has 0 amide bonds. The predicted molar refractivity (Wildman–Crippen MR) is 75.2 cm³/mol. The number of likely N-dealkylation sites (N-methyl/N-ethyl adjacent to an activating group) is 1. The molecule has 0 spiro atoms. The van der Waals surface area contributed by atoms with E-state index in [0.717, 1.165) is 31.2 Å². The van der Waals surface area contributed by atoms with Crippen LogP contribution in [-0.2, 0) is 9.53 Å². The molecular weight excluding hydrogens is 262 g/mol. The van der Waals surface area contributed by atoms with Gasteiger partial charge in [0.05, 0.1) is 19.1 Å². The summed E-state index contributed by atoms with van der Waals surface area (Å²) < 4.78 is 5.08. The van der Waals surface area contributed by atoms with Crippen molar-refractivity contribution in [2.24, 2.45) is 0 Å². The molecule has 19 heavy (non-hydrogen) atoms. The SMILES string of the molecule is CCOC(=O)CC(c1nccs1)N1CCN(C)CC1. The van der Waals surface area contributed by atoms with Crippen LogP contribution in [0, 0.1) is 0 Å². The molecule has 2 heterocycles. The minimum Gasteiger partial charge on any atom is -0.466 e. The zero-order valence-electron chi connectivity index (χ0n) is 11.5. The van der Waals surface area contributed by atoms with Crippen LogP contribution in [-0.4, -0.2) is 60.6 Å². The monoisotopic (exact) mass is 283 g/mol. The number of rotatable bonds is 5. The van der Waals surface area contributed by atoms with E-state index in [1.807, 2.05) is 12.3 Å². The fraction of sp³-hybridized carbons (Fsp3) is 0.692. The smallest absolute Gasteiger partial charge is 0.307 e. The van der Waals surface area contributed by atoms with Gasteiger partial charge in [0, 0.05) is 37.8 Å². The summed E-state index contributed by atoms with van der Waals surface area (Å²) >= 11 is 1.61. The van der Waals surface area contributed by atoms with Crippen molar-refractivity contribution in [1.29, 1.82) is 0 Å². The van der Waals surface area contributed by atoms with Gasteiger partial charge >= 0.3 is 5.97 Å². The molecule has 6 heteroatoms. The van der Waals surface area contributed by atoms with E-state index in [1.165, 1.54) is 0 Å². The number of hydrogen-bond acceptors (Lipinski definition) is 6. The Bertz CT molecular complexity index is 389. The normalized spacial score (nSPS) is 19.3. The number of carbonyl (C=O) groups excluding carboxylic acids is 1. The summed E-state index contributed by atoms with van der Waals surface area (Å²) in [5.41, 5.74) is 0. The van der Waals surface area contributed by atoms with E-state index in [2.05, 4.69) is 21.8 Å². The summed E-state index contributed by atoms with van der Waals surface area (Å²) in [5, 5.41) is 2.97. The highest BCUT2D eigenvalue weighted by molar-refractivity contribution is 7.09. The molecule has 1 aromatic heterocycles. The summed E-state index contributed by atoms with van der Waals surface area (Å²) in [6.45, 7) is 6.29. The first-order valence-electron chi connectivity index (χ1n) is 6.68. The molecule has 1 aromatic rings. The molecule has 0 aromatic carbocycles. The Morgan fingerprint density at radius 2 is 2.21 bits per heavy atom. The third kappa shape index (κ3) is 3.99. The van der Waals surface area contributed by atoms with Crippen LogP contribution in [0.3, 0.4) is 0 Å². The van der Waals surface area contributed by atoms with Gasteiger partial charge in [-0.1, -0.05) is 0 Å². The van der Waals surface area contributed by atoms with E-state index in [4.69, 9.17) is 4.74 Å². The average Bonchev–Trinajstić information content (AvgIpc) is 2.91. The van der Waals surface area contributed by atoms with Gasteiger partial charge in [-0.05, 0) is 14.0 Å². The quantitative estimate of drug-likeness (QED) is 0.764. The average molecular weight is 283 g/mol. The number of carbonyl (C=O) groups is 1. The summed E-state index contributed by atoms with van der Waals surface area (Å²) in [6, 6.07) is 0.0627. The molecule has 1 unspecified atom stereocenters. The van der Waals surface area contributed by atoms with E-state index in [9.17, 15) is 4.79 Å². The van der Waals surface area contributed by atoms with Crippen molar-refractivity contribution in [3.63, 3.8) is 0 Å². The number of aromatic nitrogens is 1. The molecule has 1 fully saturated rings. The second-order valence-corrected chi connectivity index (χ2v) is 5.66. The first-order valence-corrected chi connectivity index (χ1v) is 7.56. The Morgan fingerprint density at radius 3 is 2.79 bits per heavy atom. The van der Waals surface area contributed by atoms with Crippen LogP contribution in [0.1, 0.15) is 24.4 Å². The summed E-state index contributed by atoms with van der Waals surface area (Å²) in [4.78, 5) is 20.8. The van der Waals surface area contributed by atoms with Crippen molar-refractivity contribution in [2.75, 3.05) is 39.8 Å². The third-order valence-corrected chi connectivity index (χ3v) is 4.26. The van der Waals surface area contributed by atoms with Crippen LogP contribution >= 0.6 is 11.3 Å². The lowest BCUT2D eigenvalue weighted by Gasteiger charge is -2.36. The van der Waals surface area contributed by atoms with Crippen LogP contribution in [0.25, 0.3) is 0 Å². The van der Waals surface area contributed by atoms with E-state index < -0.39 is 0 Å². The van der Waals surface area contributed by atoms with E-state index in [0.29, 0.717) is 13.0 Å². The maximum Gasteiger partial charge on any atom is 0.307 e. The van der Waals surface area contributed by atoms with Crippen molar-refractivity contribution in [2.45, 2.75) is 19.4 Å². The van der Waals surface area contributed by atoms with Crippen LogP contribution in [0.4, 0.5) is 0 Å². The van der Waals surface area contributed by atoms with Gasteiger partial charge in [0.25, 0.3) is 0 Å². The maximum atomic E-state index is 11.8. The van der Waals surface area contributed by atoms with Crippen LogP contribution in [0.5, 0.6) is 0 Å². The zero-order chi connectivity index (χ0) is 13.7. The lowest BCUT2D eigenvalue weighted by atomic mass is 10.1. The Hall–Kier alpha value is -0.980. The van der Waals surface area contributed by atoms with Crippen molar-refractivity contribution in [1.82, 2.24) is 14.8 Å². The van der Waals surface area contributed by atoms with Gasteiger partial charge in [0.1, 0.15) is 5.01 Å². The Balaban J connectivity index is 2.04. The van der Waals surface area contributed by atoms with Crippen molar-refractivity contribution < 1.29 is 9.53 Å². The highest BCUT2D eigenvalue weighted by atomic mass is 32.1. The molecule has 2 rings (SSSR count). The molecule has 0 saturated carbocycles. The first kappa shape index (κ1) is 14.4. The predicted octanol–water partition coefficient (Wildman–Crippen LogP) is 1.38. The summed E-state index contributed by atoms with van der Waals surface area (Å²) in [7, 11) is 2.13. The molecular formula is C13H21N3O2S. The van der Waals surface area contributed by atoms with Gasteiger partial charge in [0.2, 0.25) is 0 Å². The number of hydrogen-bond donors (Lipinski definition) is 0. The van der Waals surface area contributed by atoms with Crippen LogP contribution in [0.15, 0.2) is 11.6 Å². The Labute approximate surface area is 118 Å². The Morgan fingerprint density at radius 1 is 1.47 bits per heavy atom. The fourth-order valence-electron chi connectivity index (χ4n) is 2.28. The highest BCUT2D eigenvalue weighted by Crippen LogP contribution is 2.27. The molecule has 1 atom stereocenters. The number of ether oxygens (including phenoxy) is 1. The molecule has 0 aliphatic carbocycles. The van der Waals surface area contributed by atoms with Gasteiger partial charge in [-0.15, -0.1) is 11.3 Å². The largest absolute Gasteiger partial charge is 0.466 e. The maximum absolute atomic E-state index is 11.8. The van der Waals surface area contributed by atoms with Gasteiger partial charge in [-0.2, -0.15) is 0 Å². The highest BCUT2D eigenvalue weighted by Gasteiger charge is 2.28. The third-order valence-electron chi connectivity index (χ3n) is 3.38. The van der Waals surface area contributed by atoms with Crippen LogP contribution in [0.2, 0.25) is 0 Å². The molecule has 1 aliphatic rings. The fourth-order valence-corrected chi connectivity index (χ4v) is 3.06. The zero-order valence-corrected chi connectivity index (χ0v) is 12.4. The molecule has 1 saturated heterocycles. The minimum absolute atomic E-state index is 0.0627. The van der Waals surface area contributed by atoms with Gasteiger partial charge in [-0.25, -0.2) is 4.98 Å². The van der Waals surface area contributed by atoms with E-state index in [1.54, 1.807) is 17.5 Å². The van der Waals surface area contributed by atoms with E-state index >= 15 is 0 Å². The lowest BCUT2D eigenvalue weighted by molar-refractivity contribution is -0.144. The minimum atomic E-state index is -0.137. The van der Waals surface area contributed by atoms with Gasteiger partial charge < -0.3 is 9.64 Å². The first-order chi connectivity index (χ1) is 9.20. The lowest BCUT2D eigenvalue weighted by Crippen LogP contribution is -2.46. The van der Waals surface area contributed by atoms with Crippen molar-refractivity contribution in [3.8, 4) is 0 Å². The van der Waals surface area contributed by atoms with E-state index in [-0.39, 0.29) is 12.0 Å². The number of thiazole rings is 1. The number of nitrogens with zero attached hydrogens (tertiary/aromatic N) is 3. The standard InChI is InChI=1S/C13H21N3O2S/c1-3-18-12(17)10-11(13-14-4-9-19-13)16-7-5-15(2)6-8-16/h4,9,11H,3,5-8,10H2,1-2H3. The molecule has 106 valence electrons. The number of piperazine rings is 1. The Kier molecular flexibility index (Phi) is 5.30. The van der Waals surface area contributed by atoms with Gasteiger partial charge in [0.15, 0.2) is 0 Å². The second-order valence-electron chi connectivity index (χ2n) is 4.73. The van der Waals surface area contributed by atoms with Crippen molar-refractivity contribution >= 4 is 17.3 Å². The van der Waals surface area contributed by atoms with Crippen LogP contribution < -0.4 is 0 Å². The molecule has 5 nitrogen and oxygen atoms in total. The summed E-state index contributed by atoms with van der Waals surface area (Å²) in [6.07, 6.45) is 2.19. The number of esters is 1. The molecule has 1 aliphatic heterocycles. The molecule has 0 radical (unpaired) electrons. The molecule has 0 N–H and O–H groups in total.